The number of hydrogen-bond donors (Lipinski definition) is 2. The third-order valence-corrected chi connectivity index (χ3v) is 2.87. The Morgan fingerprint density at radius 2 is 1.90 bits per heavy atom. The van der Waals surface area contributed by atoms with E-state index >= 15 is 0 Å². The second-order valence-electron chi connectivity index (χ2n) is 4.39. The highest BCUT2D eigenvalue weighted by Crippen LogP contribution is 2.20. The SMILES string of the molecule is CCCNc1nc(Cl)nc(Nc2ccccc2COC)n1. The number of para-hydroxylation sites is 1. The summed E-state index contributed by atoms with van der Waals surface area (Å²) in [5.74, 6) is 0.862. The monoisotopic (exact) mass is 307 g/mol. The molecule has 0 aliphatic heterocycles. The first-order chi connectivity index (χ1) is 10.2. The summed E-state index contributed by atoms with van der Waals surface area (Å²) in [7, 11) is 1.66. The van der Waals surface area contributed by atoms with E-state index in [-0.39, 0.29) is 5.28 Å². The molecule has 21 heavy (non-hydrogen) atoms. The number of ether oxygens (including phenoxy) is 1. The lowest BCUT2D eigenvalue weighted by molar-refractivity contribution is 0.185. The molecule has 0 atom stereocenters. The number of nitrogens with zero attached hydrogens (tertiary/aromatic N) is 3. The van der Waals surface area contributed by atoms with E-state index in [2.05, 4.69) is 32.5 Å². The molecule has 0 saturated heterocycles. The highest BCUT2D eigenvalue weighted by Gasteiger charge is 2.07. The quantitative estimate of drug-likeness (QED) is 0.818. The topological polar surface area (TPSA) is 72.0 Å². The molecule has 0 amide bonds. The fraction of sp³-hybridized carbons (Fsp3) is 0.357. The van der Waals surface area contributed by atoms with E-state index in [1.807, 2.05) is 24.3 Å². The van der Waals surface area contributed by atoms with Gasteiger partial charge in [0.1, 0.15) is 0 Å². The minimum absolute atomic E-state index is 0.148. The van der Waals surface area contributed by atoms with Crippen LogP contribution in [0, 0.1) is 0 Å². The van der Waals surface area contributed by atoms with E-state index in [0.29, 0.717) is 18.5 Å². The summed E-state index contributed by atoms with van der Waals surface area (Å²) in [6.07, 6.45) is 0.975. The van der Waals surface area contributed by atoms with E-state index in [1.54, 1.807) is 7.11 Å². The van der Waals surface area contributed by atoms with Crippen LogP contribution in [0.15, 0.2) is 24.3 Å². The zero-order valence-corrected chi connectivity index (χ0v) is 12.8. The Balaban J connectivity index is 2.21. The third kappa shape index (κ3) is 4.54. The summed E-state index contributed by atoms with van der Waals surface area (Å²) in [5.41, 5.74) is 1.89. The molecule has 7 heteroatoms. The highest BCUT2D eigenvalue weighted by molar-refractivity contribution is 6.28. The van der Waals surface area contributed by atoms with Crippen LogP contribution in [0.3, 0.4) is 0 Å². The molecule has 2 aromatic rings. The van der Waals surface area contributed by atoms with Crippen LogP contribution in [0.1, 0.15) is 18.9 Å². The van der Waals surface area contributed by atoms with Crippen molar-refractivity contribution in [2.45, 2.75) is 20.0 Å². The van der Waals surface area contributed by atoms with Gasteiger partial charge in [0.15, 0.2) is 0 Å². The van der Waals surface area contributed by atoms with E-state index < -0.39 is 0 Å². The van der Waals surface area contributed by atoms with Gasteiger partial charge in [0, 0.05) is 24.9 Å². The maximum Gasteiger partial charge on any atom is 0.233 e. The van der Waals surface area contributed by atoms with Crippen LogP contribution in [0.25, 0.3) is 0 Å². The van der Waals surface area contributed by atoms with Gasteiger partial charge >= 0.3 is 0 Å². The van der Waals surface area contributed by atoms with Crippen molar-refractivity contribution < 1.29 is 4.74 Å². The number of methoxy groups -OCH3 is 1. The van der Waals surface area contributed by atoms with Gasteiger partial charge in [0.2, 0.25) is 17.2 Å². The van der Waals surface area contributed by atoms with Crippen molar-refractivity contribution in [2.24, 2.45) is 0 Å². The minimum atomic E-state index is 0.148. The lowest BCUT2D eigenvalue weighted by Gasteiger charge is -2.11. The molecule has 0 saturated carbocycles. The highest BCUT2D eigenvalue weighted by atomic mass is 35.5. The molecule has 1 aromatic carbocycles. The van der Waals surface area contributed by atoms with E-state index in [4.69, 9.17) is 16.3 Å². The van der Waals surface area contributed by atoms with Gasteiger partial charge in [0.05, 0.1) is 6.61 Å². The van der Waals surface area contributed by atoms with Crippen molar-refractivity contribution in [3.8, 4) is 0 Å². The summed E-state index contributed by atoms with van der Waals surface area (Å²) in [6, 6.07) is 7.80. The number of anilines is 3. The fourth-order valence-electron chi connectivity index (χ4n) is 1.77. The summed E-state index contributed by atoms with van der Waals surface area (Å²) < 4.78 is 5.18. The van der Waals surface area contributed by atoms with Gasteiger partial charge in [-0.1, -0.05) is 25.1 Å². The van der Waals surface area contributed by atoms with Crippen LogP contribution in [0.2, 0.25) is 5.28 Å². The zero-order valence-electron chi connectivity index (χ0n) is 12.1. The molecule has 0 radical (unpaired) electrons. The number of halogens is 1. The van der Waals surface area contributed by atoms with Crippen LogP contribution in [-0.2, 0) is 11.3 Å². The predicted octanol–water partition coefficient (Wildman–Crippen LogP) is 3.24. The molecule has 2 N–H and O–H groups in total. The van der Waals surface area contributed by atoms with Crippen LogP contribution < -0.4 is 10.6 Å². The summed E-state index contributed by atoms with van der Waals surface area (Å²) in [5, 5.41) is 6.39. The Kier molecular flexibility index (Phi) is 5.71. The fourth-order valence-corrected chi connectivity index (χ4v) is 1.93. The van der Waals surface area contributed by atoms with Crippen LogP contribution >= 0.6 is 11.6 Å². The smallest absolute Gasteiger partial charge is 0.233 e. The molecule has 2 rings (SSSR count). The molecule has 0 bridgehead atoms. The largest absolute Gasteiger partial charge is 0.380 e. The van der Waals surface area contributed by atoms with Gasteiger partial charge in [-0.25, -0.2) is 0 Å². The average Bonchev–Trinajstić information content (AvgIpc) is 2.47. The lowest BCUT2D eigenvalue weighted by Crippen LogP contribution is -2.08. The number of benzene rings is 1. The predicted molar refractivity (Wildman–Crippen MR) is 84.1 cm³/mol. The molecule has 0 aliphatic rings. The molecule has 0 fully saturated rings. The van der Waals surface area contributed by atoms with Crippen LogP contribution in [-0.4, -0.2) is 28.6 Å². The molecule has 0 unspecified atom stereocenters. The Labute approximate surface area is 128 Å². The van der Waals surface area contributed by atoms with Crippen molar-refractivity contribution in [3.05, 3.63) is 35.1 Å². The Morgan fingerprint density at radius 1 is 1.14 bits per heavy atom. The number of rotatable bonds is 7. The summed E-state index contributed by atoms with van der Waals surface area (Å²) >= 11 is 5.93. The van der Waals surface area contributed by atoms with E-state index in [1.165, 1.54) is 0 Å². The van der Waals surface area contributed by atoms with Crippen molar-refractivity contribution in [1.29, 1.82) is 0 Å². The molecular weight excluding hydrogens is 290 g/mol. The van der Waals surface area contributed by atoms with Gasteiger partial charge in [-0.2, -0.15) is 15.0 Å². The average molecular weight is 308 g/mol. The van der Waals surface area contributed by atoms with Crippen molar-refractivity contribution in [3.63, 3.8) is 0 Å². The minimum Gasteiger partial charge on any atom is -0.380 e. The van der Waals surface area contributed by atoms with Crippen LogP contribution in [0.4, 0.5) is 17.6 Å². The molecule has 0 spiro atoms. The second-order valence-corrected chi connectivity index (χ2v) is 4.73. The zero-order chi connectivity index (χ0) is 15.1. The first-order valence-corrected chi connectivity index (χ1v) is 7.10. The third-order valence-electron chi connectivity index (χ3n) is 2.70. The maximum absolute atomic E-state index is 5.93. The van der Waals surface area contributed by atoms with Crippen molar-refractivity contribution in [2.75, 3.05) is 24.3 Å². The molecule has 1 heterocycles. The standard InChI is InChI=1S/C14H18ClN5O/c1-3-8-16-13-18-12(15)19-14(20-13)17-11-7-5-4-6-10(11)9-21-2/h4-7H,3,8-9H2,1-2H3,(H2,16,17,18,19,20). The number of hydrogen-bond acceptors (Lipinski definition) is 6. The molecular formula is C14H18ClN5O. The molecule has 112 valence electrons. The summed E-state index contributed by atoms with van der Waals surface area (Å²) in [4.78, 5) is 12.4. The number of nitrogens with one attached hydrogen (secondary N) is 2. The normalized spacial score (nSPS) is 10.4. The van der Waals surface area contributed by atoms with E-state index in [0.717, 1.165) is 24.2 Å². The van der Waals surface area contributed by atoms with Gasteiger partial charge in [-0.3, -0.25) is 0 Å². The van der Waals surface area contributed by atoms with Gasteiger partial charge in [-0.15, -0.1) is 0 Å². The molecule has 1 aromatic heterocycles. The summed E-state index contributed by atoms with van der Waals surface area (Å²) in [6.45, 7) is 3.35. The Hall–Kier alpha value is -1.92. The van der Waals surface area contributed by atoms with E-state index in [9.17, 15) is 0 Å². The van der Waals surface area contributed by atoms with Crippen molar-refractivity contribution in [1.82, 2.24) is 15.0 Å². The first-order valence-electron chi connectivity index (χ1n) is 6.72. The first kappa shape index (κ1) is 15.5. The van der Waals surface area contributed by atoms with Gasteiger partial charge < -0.3 is 15.4 Å². The molecule has 0 aliphatic carbocycles. The maximum atomic E-state index is 5.93. The Morgan fingerprint density at radius 3 is 2.67 bits per heavy atom. The van der Waals surface area contributed by atoms with Crippen molar-refractivity contribution >= 4 is 29.2 Å². The van der Waals surface area contributed by atoms with Gasteiger partial charge in [-0.05, 0) is 24.1 Å². The number of aromatic nitrogens is 3. The molecule has 6 nitrogen and oxygen atoms in total. The second kappa shape index (κ2) is 7.75. The Bertz CT molecular complexity index is 593. The van der Waals surface area contributed by atoms with Gasteiger partial charge in [0.25, 0.3) is 0 Å². The van der Waals surface area contributed by atoms with Crippen LogP contribution in [0.5, 0.6) is 0 Å². The lowest BCUT2D eigenvalue weighted by atomic mass is 10.2.